The number of urea groups is 1. The van der Waals surface area contributed by atoms with Gasteiger partial charge in [-0.25, -0.2) is 4.79 Å². The van der Waals surface area contributed by atoms with Crippen LogP contribution in [0, 0.1) is 6.92 Å². The fourth-order valence-electron chi connectivity index (χ4n) is 2.79. The third-order valence-corrected chi connectivity index (χ3v) is 4.04. The molecule has 3 N–H and O–H groups in total. The molecule has 0 radical (unpaired) electrons. The fraction of sp³-hybridized carbons (Fsp3) is 0.158. The van der Waals surface area contributed by atoms with Gasteiger partial charge in [0.1, 0.15) is 0 Å². The van der Waals surface area contributed by atoms with Crippen LogP contribution in [0.3, 0.4) is 0 Å². The Bertz CT molecular complexity index is 812. The van der Waals surface area contributed by atoms with E-state index in [9.17, 15) is 9.59 Å². The van der Waals surface area contributed by atoms with Crippen molar-refractivity contribution >= 4 is 17.6 Å². The number of amides is 3. The van der Waals surface area contributed by atoms with E-state index in [-0.39, 0.29) is 11.9 Å². The van der Waals surface area contributed by atoms with E-state index in [2.05, 4.69) is 16.0 Å². The molecule has 5 heteroatoms. The Labute approximate surface area is 140 Å². The van der Waals surface area contributed by atoms with Gasteiger partial charge in [0.25, 0.3) is 5.91 Å². The second-order valence-electron chi connectivity index (χ2n) is 5.75. The third-order valence-electron chi connectivity index (χ3n) is 4.04. The molecule has 122 valence electrons. The molecule has 0 unspecified atom stereocenters. The lowest BCUT2D eigenvalue weighted by atomic mass is 9.95. The molecule has 3 amide bonds. The summed E-state index contributed by atoms with van der Waals surface area (Å²) in [6, 6.07) is 16.3. The molecule has 0 saturated heterocycles. The number of hydrogen-bond acceptors (Lipinski definition) is 2. The Morgan fingerprint density at radius 1 is 1.00 bits per heavy atom. The number of para-hydroxylation sites is 1. The van der Waals surface area contributed by atoms with Gasteiger partial charge in [0.15, 0.2) is 0 Å². The Kier molecular flexibility index (Phi) is 4.33. The van der Waals surface area contributed by atoms with Crippen LogP contribution >= 0.6 is 0 Å². The summed E-state index contributed by atoms with van der Waals surface area (Å²) in [4.78, 5) is 24.7. The fourth-order valence-corrected chi connectivity index (χ4v) is 2.79. The summed E-state index contributed by atoms with van der Waals surface area (Å²) in [5, 5.41) is 8.44. The zero-order valence-corrected chi connectivity index (χ0v) is 13.6. The molecule has 1 aliphatic heterocycles. The first-order valence-corrected chi connectivity index (χ1v) is 7.76. The van der Waals surface area contributed by atoms with Gasteiger partial charge in [0.2, 0.25) is 0 Å². The lowest BCUT2D eigenvalue weighted by Crippen LogP contribution is -2.46. The van der Waals surface area contributed by atoms with Gasteiger partial charge in [0.05, 0.1) is 11.6 Å². The van der Waals surface area contributed by atoms with Gasteiger partial charge in [-0.1, -0.05) is 48.5 Å². The lowest BCUT2D eigenvalue weighted by Gasteiger charge is -2.28. The number of allylic oxidation sites excluding steroid dienone is 1. The van der Waals surface area contributed by atoms with E-state index in [4.69, 9.17) is 0 Å². The maximum Gasteiger partial charge on any atom is 0.319 e. The topological polar surface area (TPSA) is 70.2 Å². The van der Waals surface area contributed by atoms with Crippen molar-refractivity contribution in [1.29, 1.82) is 0 Å². The summed E-state index contributed by atoms with van der Waals surface area (Å²) in [6.07, 6.45) is 0. The Hall–Kier alpha value is -3.08. The molecule has 0 fully saturated rings. The lowest BCUT2D eigenvalue weighted by molar-refractivity contribution is -0.113. The predicted molar refractivity (Wildman–Crippen MR) is 93.4 cm³/mol. The van der Waals surface area contributed by atoms with Gasteiger partial charge in [-0.2, -0.15) is 0 Å². The normalized spacial score (nSPS) is 17.1. The number of benzene rings is 2. The van der Waals surface area contributed by atoms with Crippen LogP contribution in [0.5, 0.6) is 0 Å². The van der Waals surface area contributed by atoms with Crippen LogP contribution in [0.25, 0.3) is 0 Å². The highest BCUT2D eigenvalue weighted by molar-refractivity contribution is 6.07. The maximum absolute atomic E-state index is 12.9. The Balaban J connectivity index is 1.95. The van der Waals surface area contributed by atoms with E-state index < -0.39 is 6.04 Å². The monoisotopic (exact) mass is 321 g/mol. The predicted octanol–water partition coefficient (Wildman–Crippen LogP) is 3.26. The van der Waals surface area contributed by atoms with Crippen molar-refractivity contribution in [3.8, 4) is 0 Å². The van der Waals surface area contributed by atoms with E-state index in [0.717, 1.165) is 16.8 Å². The minimum Gasteiger partial charge on any atom is -0.327 e. The molecule has 2 aromatic carbocycles. The number of nitrogens with one attached hydrogen (secondary N) is 3. The van der Waals surface area contributed by atoms with Gasteiger partial charge in [-0.05, 0) is 31.0 Å². The summed E-state index contributed by atoms with van der Waals surface area (Å²) < 4.78 is 0. The molecule has 0 bridgehead atoms. The highest BCUT2D eigenvalue weighted by Crippen LogP contribution is 2.28. The first-order valence-electron chi connectivity index (χ1n) is 7.76. The zero-order valence-electron chi connectivity index (χ0n) is 13.6. The molecule has 1 atom stereocenters. The molecule has 1 aliphatic rings. The summed E-state index contributed by atoms with van der Waals surface area (Å²) in [6.45, 7) is 3.67. The summed E-state index contributed by atoms with van der Waals surface area (Å²) >= 11 is 0. The van der Waals surface area contributed by atoms with Gasteiger partial charge < -0.3 is 16.0 Å². The number of aryl methyl sites for hydroxylation is 1. The first kappa shape index (κ1) is 15.8. The SMILES string of the molecule is CC1=C(C(=O)Nc2ccccc2C)[C@H](c2ccccc2)NC(=O)N1. The number of anilines is 1. The molecule has 0 spiro atoms. The quantitative estimate of drug-likeness (QED) is 0.812. The number of carbonyl (C=O) groups is 2. The average Bonchev–Trinajstić information content (AvgIpc) is 2.57. The number of hydrogen-bond donors (Lipinski definition) is 3. The number of rotatable bonds is 3. The van der Waals surface area contributed by atoms with Crippen LogP contribution in [0.2, 0.25) is 0 Å². The van der Waals surface area contributed by atoms with Gasteiger partial charge in [-0.3, -0.25) is 4.79 Å². The van der Waals surface area contributed by atoms with Crippen molar-refractivity contribution in [3.05, 3.63) is 77.0 Å². The molecule has 0 saturated carbocycles. The summed E-state index contributed by atoms with van der Waals surface area (Å²) in [5.74, 6) is -0.233. The number of carbonyl (C=O) groups excluding carboxylic acids is 2. The van der Waals surface area contributed by atoms with Crippen LogP contribution in [0.1, 0.15) is 24.1 Å². The molecule has 24 heavy (non-hydrogen) atoms. The van der Waals surface area contributed by atoms with E-state index in [0.29, 0.717) is 11.3 Å². The second kappa shape index (κ2) is 6.58. The first-order chi connectivity index (χ1) is 11.6. The smallest absolute Gasteiger partial charge is 0.319 e. The van der Waals surface area contributed by atoms with Crippen molar-refractivity contribution in [3.63, 3.8) is 0 Å². The van der Waals surface area contributed by atoms with Crippen LogP contribution in [-0.2, 0) is 4.79 Å². The summed E-state index contributed by atoms with van der Waals surface area (Å²) in [7, 11) is 0. The van der Waals surface area contributed by atoms with E-state index in [1.54, 1.807) is 6.92 Å². The minimum atomic E-state index is -0.482. The van der Waals surface area contributed by atoms with Crippen LogP contribution < -0.4 is 16.0 Å². The van der Waals surface area contributed by atoms with E-state index in [1.807, 2.05) is 61.5 Å². The molecule has 2 aromatic rings. The maximum atomic E-state index is 12.9. The van der Waals surface area contributed by atoms with Crippen molar-refractivity contribution in [2.24, 2.45) is 0 Å². The molecule has 1 heterocycles. The van der Waals surface area contributed by atoms with Crippen molar-refractivity contribution in [2.75, 3.05) is 5.32 Å². The molecule has 5 nitrogen and oxygen atoms in total. The van der Waals surface area contributed by atoms with Crippen molar-refractivity contribution < 1.29 is 9.59 Å². The molecule has 0 aliphatic carbocycles. The molecule has 0 aromatic heterocycles. The second-order valence-corrected chi connectivity index (χ2v) is 5.75. The highest BCUT2D eigenvalue weighted by atomic mass is 16.2. The largest absolute Gasteiger partial charge is 0.327 e. The van der Waals surface area contributed by atoms with Gasteiger partial charge in [0, 0.05) is 11.4 Å². The van der Waals surface area contributed by atoms with Crippen LogP contribution in [0.15, 0.2) is 65.9 Å². The van der Waals surface area contributed by atoms with E-state index in [1.165, 1.54) is 0 Å². The Morgan fingerprint density at radius 3 is 2.38 bits per heavy atom. The van der Waals surface area contributed by atoms with Crippen LogP contribution in [0.4, 0.5) is 10.5 Å². The summed E-state index contributed by atoms with van der Waals surface area (Å²) in [5.41, 5.74) is 3.66. The van der Waals surface area contributed by atoms with E-state index >= 15 is 0 Å². The molecular weight excluding hydrogens is 302 g/mol. The zero-order chi connectivity index (χ0) is 17.1. The molecular formula is C19H19N3O2. The van der Waals surface area contributed by atoms with Gasteiger partial charge >= 0.3 is 6.03 Å². The Morgan fingerprint density at radius 2 is 1.67 bits per heavy atom. The minimum absolute atomic E-state index is 0.233. The third kappa shape index (κ3) is 3.15. The van der Waals surface area contributed by atoms with Gasteiger partial charge in [-0.15, -0.1) is 0 Å². The van der Waals surface area contributed by atoms with Crippen molar-refractivity contribution in [1.82, 2.24) is 10.6 Å². The standard InChI is InChI=1S/C19H19N3O2/c1-12-8-6-7-11-15(12)21-18(23)16-13(2)20-19(24)22-17(16)14-9-4-3-5-10-14/h3-11,17H,1-2H3,(H,21,23)(H2,20,22,24)/t17-/m0/s1. The highest BCUT2D eigenvalue weighted by Gasteiger charge is 2.31. The van der Waals surface area contributed by atoms with Crippen molar-refractivity contribution in [2.45, 2.75) is 19.9 Å². The molecule has 3 rings (SSSR count). The van der Waals surface area contributed by atoms with Crippen LogP contribution in [-0.4, -0.2) is 11.9 Å². The average molecular weight is 321 g/mol.